The van der Waals surface area contributed by atoms with Gasteiger partial charge in [0, 0.05) is 18.6 Å². The Morgan fingerprint density at radius 1 is 1.34 bits per heavy atom. The molecule has 0 spiro atoms. The third-order valence-corrected chi connectivity index (χ3v) is 8.56. The molecular weight excluding hydrogens is 524 g/mol. The second kappa shape index (κ2) is 9.67. The van der Waals surface area contributed by atoms with Crippen molar-refractivity contribution in [2.24, 2.45) is 5.10 Å². The number of carbonyl (C=O) groups is 3. The number of carboxylic acids is 1. The Balaban J connectivity index is 1.46. The summed E-state index contributed by atoms with van der Waals surface area (Å²) in [6, 6.07) is 7.15. The molecule has 0 saturated carbocycles. The fourth-order valence-electron chi connectivity index (χ4n) is 3.63. The van der Waals surface area contributed by atoms with Gasteiger partial charge in [-0.2, -0.15) is 8.42 Å². The van der Waals surface area contributed by atoms with Crippen molar-refractivity contribution in [1.29, 1.82) is 0 Å². The molecule has 3 atom stereocenters. The topological polar surface area (TPSA) is 192 Å². The fourth-order valence-corrected chi connectivity index (χ4v) is 7.01. The Morgan fingerprint density at radius 3 is 2.66 bits per heavy atom. The number of benzene rings is 1. The van der Waals surface area contributed by atoms with E-state index in [9.17, 15) is 37.6 Å². The molecule has 3 aliphatic heterocycles. The normalized spacial score (nSPS) is 23.3. The molecule has 4 rings (SSSR count). The molecule has 0 bridgehead atoms. The van der Waals surface area contributed by atoms with E-state index in [0.717, 1.165) is 21.8 Å². The number of hydrogen-bond donors (Lipinski definition) is 5. The number of hydrazine groups is 2. The molecule has 3 heterocycles. The van der Waals surface area contributed by atoms with Gasteiger partial charge in [-0.1, -0.05) is 42.1 Å². The van der Waals surface area contributed by atoms with Crippen LogP contribution in [-0.4, -0.2) is 90.5 Å². The molecule has 1 aromatic carbocycles. The van der Waals surface area contributed by atoms with E-state index in [4.69, 9.17) is 0 Å². The summed E-state index contributed by atoms with van der Waals surface area (Å²) in [4.78, 5) is 38.3. The minimum atomic E-state index is -4.66. The number of rotatable bonds is 7. The second-order valence-electron chi connectivity index (χ2n) is 7.49. The zero-order valence-corrected chi connectivity index (χ0v) is 20.4. The smallest absolute Gasteiger partial charge is 0.377 e. The van der Waals surface area contributed by atoms with Crippen molar-refractivity contribution in [2.75, 3.05) is 18.6 Å². The SMILES string of the molecule is CN1NN=C(SCC2=C(C(=O)O)N3C(=O)C(NC(=O)[C@H](O)c4ccccc4)[C@H]3SC2)N1S(=O)(=O)O. The van der Waals surface area contributed by atoms with Crippen LogP contribution in [0.15, 0.2) is 46.7 Å². The number of aliphatic hydroxyl groups is 1. The van der Waals surface area contributed by atoms with Gasteiger partial charge in [0.2, 0.25) is 5.17 Å². The number of amides is 2. The summed E-state index contributed by atoms with van der Waals surface area (Å²) in [6.07, 6.45) is -1.49. The number of β-lactam (4-membered cyclic amide) rings is 1. The quantitative estimate of drug-likeness (QED) is 0.207. The van der Waals surface area contributed by atoms with E-state index in [2.05, 4.69) is 16.0 Å². The van der Waals surface area contributed by atoms with Gasteiger partial charge < -0.3 is 15.5 Å². The van der Waals surface area contributed by atoms with Crippen molar-refractivity contribution in [1.82, 2.24) is 25.3 Å². The first kappa shape index (κ1) is 25.3. The third-order valence-electron chi connectivity index (χ3n) is 5.23. The van der Waals surface area contributed by atoms with Crippen LogP contribution in [0, 0.1) is 0 Å². The van der Waals surface area contributed by atoms with E-state index in [1.54, 1.807) is 30.3 Å². The number of nitrogens with zero attached hydrogens (tertiary/aromatic N) is 4. The predicted molar refractivity (Wildman–Crippen MR) is 125 cm³/mol. The molecule has 35 heavy (non-hydrogen) atoms. The van der Waals surface area contributed by atoms with Crippen LogP contribution in [0.1, 0.15) is 11.7 Å². The van der Waals surface area contributed by atoms with Gasteiger partial charge in [-0.25, -0.2) is 10.3 Å². The van der Waals surface area contributed by atoms with E-state index in [1.807, 2.05) is 0 Å². The van der Waals surface area contributed by atoms with Gasteiger partial charge in [-0.15, -0.1) is 26.4 Å². The van der Waals surface area contributed by atoms with Crippen LogP contribution in [0.3, 0.4) is 0 Å². The van der Waals surface area contributed by atoms with Gasteiger partial charge in [-0.05, 0) is 11.1 Å². The first-order chi connectivity index (χ1) is 16.5. The van der Waals surface area contributed by atoms with Crippen LogP contribution in [0.4, 0.5) is 0 Å². The van der Waals surface area contributed by atoms with Gasteiger partial charge in [0.05, 0.1) is 0 Å². The lowest BCUT2D eigenvalue weighted by Crippen LogP contribution is -2.70. The lowest BCUT2D eigenvalue weighted by molar-refractivity contribution is -0.151. The largest absolute Gasteiger partial charge is 0.477 e. The first-order valence-electron chi connectivity index (χ1n) is 9.91. The number of hydrazone groups is 1. The monoisotopic (exact) mass is 544 g/mol. The van der Waals surface area contributed by atoms with E-state index in [0.29, 0.717) is 15.6 Å². The molecule has 188 valence electrons. The highest BCUT2D eigenvalue weighted by molar-refractivity contribution is 8.14. The minimum absolute atomic E-state index is 0.0325. The van der Waals surface area contributed by atoms with Crippen LogP contribution in [-0.2, 0) is 24.7 Å². The highest BCUT2D eigenvalue weighted by Crippen LogP contribution is 2.41. The Kier molecular flexibility index (Phi) is 6.98. The lowest BCUT2D eigenvalue weighted by Gasteiger charge is -2.49. The van der Waals surface area contributed by atoms with Crippen molar-refractivity contribution in [3.8, 4) is 0 Å². The summed E-state index contributed by atoms with van der Waals surface area (Å²) in [7, 11) is -3.36. The average molecular weight is 545 g/mol. The van der Waals surface area contributed by atoms with Crippen molar-refractivity contribution in [3.05, 3.63) is 47.2 Å². The van der Waals surface area contributed by atoms with Crippen LogP contribution in [0.2, 0.25) is 0 Å². The molecule has 14 nitrogen and oxygen atoms in total. The van der Waals surface area contributed by atoms with Gasteiger partial charge >= 0.3 is 16.3 Å². The number of hydrogen-bond acceptors (Lipinski definition) is 11. The molecule has 17 heteroatoms. The van der Waals surface area contributed by atoms with Crippen LogP contribution >= 0.6 is 23.5 Å². The molecule has 1 unspecified atom stereocenters. The number of aliphatic hydroxyl groups excluding tert-OH is 1. The Labute approximate surface area is 207 Å². The Hall–Kier alpha value is -2.83. The minimum Gasteiger partial charge on any atom is -0.477 e. The zero-order valence-electron chi connectivity index (χ0n) is 17.9. The summed E-state index contributed by atoms with van der Waals surface area (Å²) in [5.41, 5.74) is 2.77. The summed E-state index contributed by atoms with van der Waals surface area (Å²) >= 11 is 2.07. The van der Waals surface area contributed by atoms with Crippen molar-refractivity contribution >= 4 is 56.8 Å². The molecule has 1 saturated heterocycles. The molecular formula is C18H20N6O8S3. The summed E-state index contributed by atoms with van der Waals surface area (Å²) in [6.45, 7) is 0. The maximum atomic E-state index is 12.8. The molecule has 1 aromatic rings. The molecule has 0 radical (unpaired) electrons. The molecule has 5 N–H and O–H groups in total. The highest BCUT2D eigenvalue weighted by atomic mass is 32.2. The number of fused-ring (bicyclic) bond motifs is 1. The molecule has 0 aliphatic carbocycles. The summed E-state index contributed by atoms with van der Waals surface area (Å²) in [5.74, 6) is -2.63. The number of nitrogens with one attached hydrogen (secondary N) is 2. The maximum Gasteiger partial charge on any atom is 0.377 e. The van der Waals surface area contributed by atoms with Crippen molar-refractivity contribution in [3.63, 3.8) is 0 Å². The third kappa shape index (κ3) is 4.82. The molecule has 0 aromatic heterocycles. The highest BCUT2D eigenvalue weighted by Gasteiger charge is 2.54. The molecule has 2 amide bonds. The predicted octanol–water partition coefficient (Wildman–Crippen LogP) is -1.07. The number of thioether (sulfide) groups is 2. The maximum absolute atomic E-state index is 12.8. The van der Waals surface area contributed by atoms with Crippen LogP contribution in [0.25, 0.3) is 0 Å². The number of amidine groups is 1. The second-order valence-corrected chi connectivity index (χ2v) is 10.8. The summed E-state index contributed by atoms with van der Waals surface area (Å²) < 4.78 is 33.0. The van der Waals surface area contributed by atoms with E-state index < -0.39 is 45.6 Å². The van der Waals surface area contributed by atoms with Gasteiger partial charge in [0.25, 0.3) is 11.8 Å². The number of aliphatic carboxylic acids is 1. The van der Waals surface area contributed by atoms with Gasteiger partial charge in [0.1, 0.15) is 17.1 Å². The van der Waals surface area contributed by atoms with E-state index in [1.165, 1.54) is 18.8 Å². The standard InChI is InChI=1S/C18H20N6O8S3/c1-22-21-20-18(24(22)35(30,31)32)34-8-10-7-33-16-11(15(27)23(16)12(10)17(28)29)19-14(26)13(25)9-5-3-2-4-6-9/h2-6,11,13,16,21,25H,7-8H2,1H3,(H,19,26)(H,28,29)(H,30,31,32)/t11?,13-,16-/m1/s1. The van der Waals surface area contributed by atoms with Gasteiger partial charge in [0.15, 0.2) is 6.10 Å². The average Bonchev–Trinajstić information content (AvgIpc) is 3.21. The Bertz CT molecular complexity index is 1220. The molecule has 1 fully saturated rings. The fraction of sp³-hybridized carbons (Fsp3) is 0.333. The number of carboxylic acid groups (broad SMARTS) is 1. The first-order valence-corrected chi connectivity index (χ1v) is 13.3. The van der Waals surface area contributed by atoms with Crippen molar-refractivity contribution < 1.29 is 37.6 Å². The zero-order chi connectivity index (χ0) is 25.5. The van der Waals surface area contributed by atoms with Crippen LogP contribution < -0.4 is 10.9 Å². The van der Waals surface area contributed by atoms with Gasteiger partial charge in [-0.3, -0.25) is 19.0 Å². The lowest BCUT2D eigenvalue weighted by atomic mass is 10.0. The molecule has 3 aliphatic rings. The summed E-state index contributed by atoms with van der Waals surface area (Å²) in [5, 5.41) is 26.4. The van der Waals surface area contributed by atoms with Crippen molar-refractivity contribution in [2.45, 2.75) is 17.5 Å². The number of carbonyl (C=O) groups excluding carboxylic acids is 2. The Morgan fingerprint density at radius 2 is 2.03 bits per heavy atom. The van der Waals surface area contributed by atoms with Crippen LogP contribution in [0.5, 0.6) is 0 Å². The van der Waals surface area contributed by atoms with E-state index in [-0.39, 0.29) is 22.4 Å². The van der Waals surface area contributed by atoms with E-state index >= 15 is 0 Å².